The Balaban J connectivity index is 2.18. The van der Waals surface area contributed by atoms with Crippen LogP contribution in [0.3, 0.4) is 0 Å². The zero-order chi connectivity index (χ0) is 11.7. The lowest BCUT2D eigenvalue weighted by Crippen LogP contribution is -2.42. The Morgan fingerprint density at radius 3 is 3.06 bits per heavy atom. The van der Waals surface area contributed by atoms with Gasteiger partial charge in [0.1, 0.15) is 5.69 Å². The molecular weight excluding hydrogens is 242 g/mol. The standard InChI is InChI=1S/C10H13N3OS2/c1-6-12-7(5-16-6)10(14)13-4-2-3-8(13)9(11)15/h5,8H,2-4H2,1H3,(H2,11,15). The van der Waals surface area contributed by atoms with Gasteiger partial charge in [-0.3, -0.25) is 4.79 Å². The highest BCUT2D eigenvalue weighted by molar-refractivity contribution is 7.80. The SMILES string of the molecule is Cc1nc(C(=O)N2CCCC2C(N)=S)cs1. The fourth-order valence-electron chi connectivity index (χ4n) is 1.91. The summed E-state index contributed by atoms with van der Waals surface area (Å²) in [5, 5.41) is 2.68. The minimum atomic E-state index is -0.0930. The fraction of sp³-hybridized carbons (Fsp3) is 0.500. The van der Waals surface area contributed by atoms with Crippen LogP contribution >= 0.6 is 23.6 Å². The number of amides is 1. The summed E-state index contributed by atoms with van der Waals surface area (Å²) in [7, 11) is 0. The maximum absolute atomic E-state index is 12.1. The summed E-state index contributed by atoms with van der Waals surface area (Å²) in [5.74, 6) is -0.0559. The molecule has 1 atom stereocenters. The van der Waals surface area contributed by atoms with Crippen molar-refractivity contribution in [3.8, 4) is 0 Å². The number of aryl methyl sites for hydroxylation is 1. The van der Waals surface area contributed by atoms with E-state index in [4.69, 9.17) is 18.0 Å². The fourth-order valence-corrected chi connectivity index (χ4v) is 2.75. The summed E-state index contributed by atoms with van der Waals surface area (Å²) in [6.45, 7) is 2.61. The first-order valence-electron chi connectivity index (χ1n) is 5.12. The van der Waals surface area contributed by atoms with Crippen molar-refractivity contribution in [2.45, 2.75) is 25.8 Å². The van der Waals surface area contributed by atoms with Gasteiger partial charge in [-0.05, 0) is 19.8 Å². The maximum Gasteiger partial charge on any atom is 0.273 e. The smallest absolute Gasteiger partial charge is 0.273 e. The lowest BCUT2D eigenvalue weighted by molar-refractivity contribution is 0.0765. The van der Waals surface area contributed by atoms with Crippen molar-refractivity contribution in [1.29, 1.82) is 0 Å². The van der Waals surface area contributed by atoms with E-state index in [0.717, 1.165) is 24.4 Å². The van der Waals surface area contributed by atoms with E-state index in [1.165, 1.54) is 11.3 Å². The molecule has 2 N–H and O–H groups in total. The highest BCUT2D eigenvalue weighted by Gasteiger charge is 2.32. The molecule has 1 unspecified atom stereocenters. The minimum absolute atomic E-state index is 0.0559. The van der Waals surface area contributed by atoms with Crippen molar-refractivity contribution in [2.75, 3.05) is 6.54 Å². The summed E-state index contributed by atoms with van der Waals surface area (Å²) in [6, 6.07) is -0.0930. The molecule has 1 aromatic heterocycles. The number of thiazole rings is 1. The first-order valence-corrected chi connectivity index (χ1v) is 6.41. The molecule has 1 saturated heterocycles. The van der Waals surface area contributed by atoms with Gasteiger partial charge in [0.25, 0.3) is 5.91 Å². The largest absolute Gasteiger partial charge is 0.392 e. The van der Waals surface area contributed by atoms with Crippen LogP contribution in [0.5, 0.6) is 0 Å². The monoisotopic (exact) mass is 255 g/mol. The molecule has 1 amide bonds. The second-order valence-electron chi connectivity index (χ2n) is 3.81. The van der Waals surface area contributed by atoms with Crippen LogP contribution in [0.1, 0.15) is 28.3 Å². The number of carbonyl (C=O) groups excluding carboxylic acids is 1. The molecule has 1 aliphatic rings. The van der Waals surface area contributed by atoms with Crippen molar-refractivity contribution in [1.82, 2.24) is 9.88 Å². The number of nitrogens with zero attached hydrogens (tertiary/aromatic N) is 2. The zero-order valence-electron chi connectivity index (χ0n) is 8.97. The third-order valence-electron chi connectivity index (χ3n) is 2.68. The van der Waals surface area contributed by atoms with Gasteiger partial charge in [-0.25, -0.2) is 4.98 Å². The molecule has 2 rings (SSSR count). The highest BCUT2D eigenvalue weighted by atomic mass is 32.1. The van der Waals surface area contributed by atoms with E-state index >= 15 is 0 Å². The van der Waals surface area contributed by atoms with Gasteiger partial charge in [0.2, 0.25) is 0 Å². The van der Waals surface area contributed by atoms with E-state index in [0.29, 0.717) is 10.7 Å². The predicted molar refractivity (Wildman–Crippen MR) is 67.7 cm³/mol. The van der Waals surface area contributed by atoms with Crippen LogP contribution in [0.2, 0.25) is 0 Å². The maximum atomic E-state index is 12.1. The van der Waals surface area contributed by atoms with Crippen LogP contribution in [0.4, 0.5) is 0 Å². The molecule has 0 bridgehead atoms. The lowest BCUT2D eigenvalue weighted by atomic mass is 10.2. The molecule has 1 aromatic rings. The minimum Gasteiger partial charge on any atom is -0.392 e. The van der Waals surface area contributed by atoms with Gasteiger partial charge in [0.05, 0.1) is 16.0 Å². The van der Waals surface area contributed by atoms with Crippen LogP contribution in [0, 0.1) is 6.92 Å². The molecule has 16 heavy (non-hydrogen) atoms. The van der Waals surface area contributed by atoms with Gasteiger partial charge in [0, 0.05) is 11.9 Å². The van der Waals surface area contributed by atoms with Gasteiger partial charge in [-0.2, -0.15) is 0 Å². The second-order valence-corrected chi connectivity index (χ2v) is 5.34. The van der Waals surface area contributed by atoms with Crippen molar-refractivity contribution in [3.05, 3.63) is 16.1 Å². The molecule has 0 radical (unpaired) electrons. The van der Waals surface area contributed by atoms with E-state index in [2.05, 4.69) is 4.98 Å². The molecule has 86 valence electrons. The molecule has 4 nitrogen and oxygen atoms in total. The summed E-state index contributed by atoms with van der Waals surface area (Å²) < 4.78 is 0. The molecule has 0 saturated carbocycles. The number of rotatable bonds is 2. The van der Waals surface area contributed by atoms with Crippen molar-refractivity contribution >= 4 is 34.5 Å². The highest BCUT2D eigenvalue weighted by Crippen LogP contribution is 2.21. The van der Waals surface area contributed by atoms with E-state index in [-0.39, 0.29) is 11.9 Å². The molecule has 6 heteroatoms. The summed E-state index contributed by atoms with van der Waals surface area (Å²) >= 11 is 6.45. The number of hydrogen-bond acceptors (Lipinski definition) is 4. The quantitative estimate of drug-likeness (QED) is 0.810. The van der Waals surface area contributed by atoms with Gasteiger partial charge in [-0.1, -0.05) is 12.2 Å². The molecule has 1 aliphatic heterocycles. The average molecular weight is 255 g/mol. The molecule has 0 spiro atoms. The summed E-state index contributed by atoms with van der Waals surface area (Å²) in [4.78, 5) is 18.5. The van der Waals surface area contributed by atoms with Gasteiger partial charge < -0.3 is 10.6 Å². The van der Waals surface area contributed by atoms with Crippen molar-refractivity contribution in [3.63, 3.8) is 0 Å². The number of likely N-dealkylation sites (tertiary alicyclic amines) is 1. The van der Waals surface area contributed by atoms with Crippen LogP contribution in [0.15, 0.2) is 5.38 Å². The third-order valence-corrected chi connectivity index (χ3v) is 3.73. The van der Waals surface area contributed by atoms with Crippen molar-refractivity contribution in [2.24, 2.45) is 5.73 Å². The molecule has 0 aliphatic carbocycles. The van der Waals surface area contributed by atoms with E-state index < -0.39 is 0 Å². The number of aromatic nitrogens is 1. The summed E-state index contributed by atoms with van der Waals surface area (Å²) in [6.07, 6.45) is 1.82. The van der Waals surface area contributed by atoms with E-state index in [1.807, 2.05) is 6.92 Å². The number of thiocarbonyl (C=S) groups is 1. The van der Waals surface area contributed by atoms with E-state index in [1.54, 1.807) is 10.3 Å². The Morgan fingerprint density at radius 1 is 1.75 bits per heavy atom. The van der Waals surface area contributed by atoms with Gasteiger partial charge in [-0.15, -0.1) is 11.3 Å². The Kier molecular flexibility index (Phi) is 3.20. The number of hydrogen-bond donors (Lipinski definition) is 1. The Bertz CT molecular complexity index is 429. The normalized spacial score (nSPS) is 20.1. The van der Waals surface area contributed by atoms with E-state index in [9.17, 15) is 4.79 Å². The first kappa shape index (κ1) is 11.5. The van der Waals surface area contributed by atoms with Crippen LogP contribution in [-0.4, -0.2) is 33.4 Å². The predicted octanol–water partition coefficient (Wildman–Crippen LogP) is 1.34. The Morgan fingerprint density at radius 2 is 2.50 bits per heavy atom. The van der Waals surface area contributed by atoms with Crippen molar-refractivity contribution < 1.29 is 4.79 Å². The lowest BCUT2D eigenvalue weighted by Gasteiger charge is -2.22. The second kappa shape index (κ2) is 4.47. The first-order chi connectivity index (χ1) is 7.59. The zero-order valence-corrected chi connectivity index (χ0v) is 10.6. The van der Waals surface area contributed by atoms with Gasteiger partial charge >= 0.3 is 0 Å². The van der Waals surface area contributed by atoms with Crippen LogP contribution in [-0.2, 0) is 0 Å². The van der Waals surface area contributed by atoms with Gasteiger partial charge in [0.15, 0.2) is 0 Å². The Hall–Kier alpha value is -1.01. The topological polar surface area (TPSA) is 59.2 Å². The van der Waals surface area contributed by atoms with Crippen LogP contribution in [0.25, 0.3) is 0 Å². The third kappa shape index (κ3) is 2.08. The van der Waals surface area contributed by atoms with Crippen LogP contribution < -0.4 is 5.73 Å². The summed E-state index contributed by atoms with van der Waals surface area (Å²) in [5.41, 5.74) is 6.13. The molecular formula is C10H13N3OS2. The molecule has 0 aromatic carbocycles. The average Bonchev–Trinajstić information content (AvgIpc) is 2.84. The molecule has 2 heterocycles. The number of nitrogens with two attached hydrogens (primary N) is 1. The Labute approximate surface area is 103 Å². The molecule has 1 fully saturated rings. The number of carbonyl (C=O) groups is 1.